The number of nitrogens with zero attached hydrogens (tertiary/aromatic N) is 3. The number of carbonyl (C=O) groups is 1. The molecule has 0 aliphatic carbocycles. The minimum atomic E-state index is -4.26. The van der Waals surface area contributed by atoms with Crippen LogP contribution in [0.5, 0.6) is 0 Å². The van der Waals surface area contributed by atoms with E-state index in [4.69, 9.17) is 23.2 Å². The standard InChI is InChI=1S/C21H17Cl2N3O4S2/c1-2-3-16-24-25-21(31-16)26-17(12-4-6-13(22)7-5-12)19(18(27)20(26)28)32(29,30)15-10-8-14(23)9-11-15/h4-11,17,27H,2-3H2,1H3/t17-/m0/s1. The van der Waals surface area contributed by atoms with Crippen LogP contribution in [0, 0.1) is 0 Å². The molecule has 0 fully saturated rings. The molecule has 0 saturated carbocycles. The Morgan fingerprint density at radius 2 is 1.62 bits per heavy atom. The van der Waals surface area contributed by atoms with Gasteiger partial charge in [-0.1, -0.05) is 53.6 Å². The molecule has 1 atom stereocenters. The van der Waals surface area contributed by atoms with E-state index in [0.717, 1.165) is 11.3 Å². The average molecular weight is 510 g/mol. The van der Waals surface area contributed by atoms with Crippen LogP contribution in [-0.2, 0) is 21.1 Å². The van der Waals surface area contributed by atoms with Gasteiger partial charge >= 0.3 is 0 Å². The summed E-state index contributed by atoms with van der Waals surface area (Å²) in [7, 11) is -4.26. The molecule has 0 saturated heterocycles. The number of hydrogen-bond acceptors (Lipinski definition) is 7. The summed E-state index contributed by atoms with van der Waals surface area (Å²) in [5.41, 5.74) is 0.451. The second-order valence-corrected chi connectivity index (χ2v) is 10.9. The van der Waals surface area contributed by atoms with Gasteiger partial charge in [-0.3, -0.25) is 9.69 Å². The van der Waals surface area contributed by atoms with Gasteiger partial charge in [0.1, 0.15) is 16.0 Å². The maximum Gasteiger partial charge on any atom is 0.296 e. The third-order valence-electron chi connectivity index (χ3n) is 4.89. The van der Waals surface area contributed by atoms with Gasteiger partial charge in [-0.15, -0.1) is 10.2 Å². The minimum absolute atomic E-state index is 0.0963. The molecule has 1 aromatic heterocycles. The first-order chi connectivity index (χ1) is 15.2. The highest BCUT2D eigenvalue weighted by molar-refractivity contribution is 7.95. The number of halogens is 2. The Morgan fingerprint density at radius 3 is 2.22 bits per heavy atom. The SMILES string of the molecule is CCCc1nnc(N2C(=O)C(O)=C(S(=O)(=O)c3ccc(Cl)cc3)[C@@H]2c2ccc(Cl)cc2)s1. The van der Waals surface area contributed by atoms with Crippen LogP contribution >= 0.6 is 34.5 Å². The molecule has 1 N–H and O–H groups in total. The van der Waals surface area contributed by atoms with Gasteiger partial charge in [0.15, 0.2) is 5.76 Å². The van der Waals surface area contributed by atoms with Crippen LogP contribution in [0.25, 0.3) is 0 Å². The molecule has 166 valence electrons. The van der Waals surface area contributed by atoms with Crippen molar-refractivity contribution in [2.24, 2.45) is 0 Å². The highest BCUT2D eigenvalue weighted by atomic mass is 35.5. The topological polar surface area (TPSA) is 100 Å². The van der Waals surface area contributed by atoms with Crippen molar-refractivity contribution in [3.63, 3.8) is 0 Å². The molecule has 4 rings (SSSR count). The molecule has 3 aromatic rings. The molecule has 0 bridgehead atoms. The summed E-state index contributed by atoms with van der Waals surface area (Å²) in [5, 5.41) is 20.7. The average Bonchev–Trinajstić information content (AvgIpc) is 3.32. The van der Waals surface area contributed by atoms with Crippen LogP contribution in [0.3, 0.4) is 0 Å². The Morgan fingerprint density at radius 1 is 1.03 bits per heavy atom. The maximum atomic E-state index is 13.5. The van der Waals surface area contributed by atoms with Gasteiger partial charge in [0.2, 0.25) is 15.0 Å². The number of rotatable bonds is 6. The fourth-order valence-corrected chi connectivity index (χ4v) is 6.24. The predicted molar refractivity (Wildman–Crippen MR) is 124 cm³/mol. The van der Waals surface area contributed by atoms with E-state index in [2.05, 4.69) is 10.2 Å². The summed E-state index contributed by atoms with van der Waals surface area (Å²) in [6.07, 6.45) is 1.50. The number of hydrogen-bond donors (Lipinski definition) is 1. The molecule has 32 heavy (non-hydrogen) atoms. The van der Waals surface area contributed by atoms with Crippen molar-refractivity contribution >= 4 is 55.4 Å². The smallest absolute Gasteiger partial charge is 0.296 e. The lowest BCUT2D eigenvalue weighted by Crippen LogP contribution is -2.31. The lowest BCUT2D eigenvalue weighted by Gasteiger charge is -2.24. The monoisotopic (exact) mass is 509 g/mol. The van der Waals surface area contributed by atoms with E-state index in [0.29, 0.717) is 27.0 Å². The van der Waals surface area contributed by atoms with Crippen LogP contribution in [-0.4, -0.2) is 29.6 Å². The van der Waals surface area contributed by atoms with E-state index < -0.39 is 32.5 Å². The summed E-state index contributed by atoms with van der Waals surface area (Å²) >= 11 is 13.1. The first-order valence-corrected chi connectivity index (χ1v) is 12.6. The zero-order chi connectivity index (χ0) is 23.0. The third kappa shape index (κ3) is 4.01. The highest BCUT2D eigenvalue weighted by Gasteiger charge is 2.48. The van der Waals surface area contributed by atoms with E-state index >= 15 is 0 Å². The van der Waals surface area contributed by atoms with Crippen molar-refractivity contribution in [1.29, 1.82) is 0 Å². The van der Waals surface area contributed by atoms with E-state index in [1.807, 2.05) is 6.92 Å². The summed E-state index contributed by atoms with van der Waals surface area (Å²) in [6.45, 7) is 1.99. The van der Waals surface area contributed by atoms with Crippen LogP contribution in [0.1, 0.15) is 30.0 Å². The summed E-state index contributed by atoms with van der Waals surface area (Å²) in [5.74, 6) is -1.72. The predicted octanol–water partition coefficient (Wildman–Crippen LogP) is 5.13. The van der Waals surface area contributed by atoms with Crippen LogP contribution < -0.4 is 4.90 Å². The Balaban J connectivity index is 1.89. The second kappa shape index (κ2) is 8.82. The second-order valence-electron chi connectivity index (χ2n) is 7.03. The van der Waals surface area contributed by atoms with E-state index in [9.17, 15) is 18.3 Å². The summed E-state index contributed by atoms with van der Waals surface area (Å²) in [4.78, 5) is 13.7. The molecule has 11 heteroatoms. The fourth-order valence-electron chi connectivity index (χ4n) is 3.40. The molecule has 7 nitrogen and oxygen atoms in total. The Labute approximate surface area is 198 Å². The number of aromatic nitrogens is 2. The first kappa shape index (κ1) is 22.7. The number of aliphatic hydroxyl groups is 1. The summed E-state index contributed by atoms with van der Waals surface area (Å²) in [6, 6.07) is 10.8. The summed E-state index contributed by atoms with van der Waals surface area (Å²) < 4.78 is 27.1. The first-order valence-electron chi connectivity index (χ1n) is 9.59. The molecule has 2 aromatic carbocycles. The number of aryl methyl sites for hydroxylation is 1. The number of benzene rings is 2. The quantitative estimate of drug-likeness (QED) is 0.494. The van der Waals surface area contributed by atoms with Gasteiger partial charge in [-0.2, -0.15) is 0 Å². The molecule has 0 radical (unpaired) electrons. The molecule has 0 spiro atoms. The van der Waals surface area contributed by atoms with Crippen LogP contribution in [0.4, 0.5) is 5.13 Å². The third-order valence-corrected chi connectivity index (χ3v) is 8.26. The Bertz CT molecular complexity index is 1300. The highest BCUT2D eigenvalue weighted by Crippen LogP contribution is 2.45. The van der Waals surface area contributed by atoms with Crippen molar-refractivity contribution in [3.05, 3.63) is 79.8 Å². The number of amides is 1. The van der Waals surface area contributed by atoms with Gasteiger partial charge in [-0.25, -0.2) is 8.42 Å². The molecule has 2 heterocycles. The van der Waals surface area contributed by atoms with Gasteiger partial charge in [-0.05, 0) is 48.4 Å². The molecule has 0 unspecified atom stereocenters. The van der Waals surface area contributed by atoms with Crippen LogP contribution in [0.15, 0.2) is 64.1 Å². The van der Waals surface area contributed by atoms with Gasteiger partial charge < -0.3 is 5.11 Å². The zero-order valence-corrected chi connectivity index (χ0v) is 19.8. The lowest BCUT2D eigenvalue weighted by molar-refractivity contribution is -0.117. The normalized spacial score (nSPS) is 16.8. The van der Waals surface area contributed by atoms with Gasteiger partial charge in [0.25, 0.3) is 5.91 Å². The number of sulfone groups is 1. The van der Waals surface area contributed by atoms with Crippen molar-refractivity contribution in [2.75, 3.05) is 4.90 Å². The molecular weight excluding hydrogens is 493 g/mol. The largest absolute Gasteiger partial charge is 0.502 e. The molecule has 1 aliphatic rings. The lowest BCUT2D eigenvalue weighted by atomic mass is 10.1. The molecule has 1 amide bonds. The Kier molecular flexibility index (Phi) is 6.26. The van der Waals surface area contributed by atoms with Crippen molar-refractivity contribution in [2.45, 2.75) is 30.7 Å². The van der Waals surface area contributed by atoms with Crippen LogP contribution in [0.2, 0.25) is 10.0 Å². The van der Waals surface area contributed by atoms with E-state index in [-0.39, 0.29) is 10.0 Å². The van der Waals surface area contributed by atoms with Gasteiger partial charge in [0.05, 0.1) is 4.90 Å². The van der Waals surface area contributed by atoms with Crippen molar-refractivity contribution < 1.29 is 18.3 Å². The zero-order valence-electron chi connectivity index (χ0n) is 16.7. The minimum Gasteiger partial charge on any atom is -0.502 e. The number of anilines is 1. The molecule has 1 aliphatic heterocycles. The molecular formula is C21H17Cl2N3O4S2. The van der Waals surface area contributed by atoms with E-state index in [1.54, 1.807) is 24.3 Å². The van der Waals surface area contributed by atoms with E-state index in [1.165, 1.54) is 35.6 Å². The van der Waals surface area contributed by atoms with Crippen molar-refractivity contribution in [3.8, 4) is 0 Å². The van der Waals surface area contributed by atoms with Gasteiger partial charge in [0, 0.05) is 16.5 Å². The fraction of sp³-hybridized carbons (Fsp3) is 0.190. The maximum absolute atomic E-state index is 13.5. The Hall–Kier alpha value is -2.46. The van der Waals surface area contributed by atoms with Crippen molar-refractivity contribution in [1.82, 2.24) is 10.2 Å². The number of carbonyl (C=O) groups excluding carboxylic acids is 1. The number of aliphatic hydroxyl groups excluding tert-OH is 1.